The Hall–Kier alpha value is -1.89. The fourth-order valence-electron chi connectivity index (χ4n) is 2.56. The molecule has 0 amide bonds. The molecular weight excluding hydrogens is 290 g/mol. The van der Waals surface area contributed by atoms with Gasteiger partial charge in [-0.05, 0) is 12.5 Å². The third-order valence-electron chi connectivity index (χ3n) is 3.97. The van der Waals surface area contributed by atoms with E-state index in [1.807, 2.05) is 13.1 Å². The molecule has 7 nitrogen and oxygen atoms in total. The molecule has 1 aromatic rings. The van der Waals surface area contributed by atoms with Gasteiger partial charge in [0.1, 0.15) is 0 Å². The third kappa shape index (κ3) is 6.02. The lowest BCUT2D eigenvalue weighted by atomic mass is 10.3. The zero-order valence-corrected chi connectivity index (χ0v) is 14.3. The largest absolute Gasteiger partial charge is 0.356 e. The van der Waals surface area contributed by atoms with Crippen LogP contribution in [0.1, 0.15) is 19.8 Å². The van der Waals surface area contributed by atoms with Crippen molar-refractivity contribution in [1.29, 1.82) is 0 Å². The van der Waals surface area contributed by atoms with Crippen LogP contribution in [0.25, 0.3) is 0 Å². The molecule has 0 bridgehead atoms. The Morgan fingerprint density at radius 1 is 1.13 bits per heavy atom. The fourth-order valence-corrected chi connectivity index (χ4v) is 2.56. The minimum absolute atomic E-state index is 0.839. The van der Waals surface area contributed by atoms with Gasteiger partial charge < -0.3 is 15.5 Å². The molecule has 7 heteroatoms. The Labute approximate surface area is 139 Å². The maximum absolute atomic E-state index is 4.32. The van der Waals surface area contributed by atoms with Crippen LogP contribution >= 0.6 is 0 Å². The first kappa shape index (κ1) is 17.5. The Kier molecular flexibility index (Phi) is 7.59. The number of rotatable bonds is 7. The van der Waals surface area contributed by atoms with Crippen molar-refractivity contribution < 1.29 is 0 Å². The van der Waals surface area contributed by atoms with Gasteiger partial charge >= 0.3 is 0 Å². The third-order valence-corrected chi connectivity index (χ3v) is 3.97. The summed E-state index contributed by atoms with van der Waals surface area (Å²) < 4.78 is 0. The molecule has 23 heavy (non-hydrogen) atoms. The normalized spacial score (nSPS) is 16.4. The van der Waals surface area contributed by atoms with E-state index in [9.17, 15) is 0 Å². The van der Waals surface area contributed by atoms with Crippen LogP contribution in [0.2, 0.25) is 0 Å². The Morgan fingerprint density at radius 2 is 1.83 bits per heavy atom. The molecule has 0 saturated carbocycles. The first-order valence-electron chi connectivity index (χ1n) is 8.52. The quantitative estimate of drug-likeness (QED) is 0.435. The Balaban J connectivity index is 1.63. The molecule has 1 saturated heterocycles. The number of anilines is 1. The lowest BCUT2D eigenvalue weighted by Gasteiger charge is -2.34. The summed E-state index contributed by atoms with van der Waals surface area (Å²) in [7, 11) is 1.82. The van der Waals surface area contributed by atoms with Crippen molar-refractivity contribution in [3.8, 4) is 0 Å². The van der Waals surface area contributed by atoms with Crippen LogP contribution < -0.4 is 15.5 Å². The van der Waals surface area contributed by atoms with Crippen LogP contribution in [-0.2, 0) is 0 Å². The van der Waals surface area contributed by atoms with Gasteiger partial charge in [-0.3, -0.25) is 9.89 Å². The maximum Gasteiger partial charge on any atom is 0.225 e. The molecular formula is C16H29N7. The summed E-state index contributed by atoms with van der Waals surface area (Å²) in [6.07, 6.45) is 5.97. The molecule has 1 aliphatic rings. The van der Waals surface area contributed by atoms with Gasteiger partial charge in [-0.2, -0.15) is 0 Å². The van der Waals surface area contributed by atoms with E-state index in [0.717, 1.165) is 57.7 Å². The van der Waals surface area contributed by atoms with E-state index in [0.29, 0.717) is 0 Å². The number of hydrogen-bond donors (Lipinski definition) is 2. The predicted molar refractivity (Wildman–Crippen MR) is 95.0 cm³/mol. The smallest absolute Gasteiger partial charge is 0.225 e. The summed E-state index contributed by atoms with van der Waals surface area (Å²) in [4.78, 5) is 17.6. The minimum Gasteiger partial charge on any atom is -0.356 e. The number of aliphatic imine (C=N–C) groups is 1. The minimum atomic E-state index is 0.839. The number of hydrogen-bond acceptors (Lipinski definition) is 5. The predicted octanol–water partition coefficient (Wildman–Crippen LogP) is 0.564. The van der Waals surface area contributed by atoms with Crippen molar-refractivity contribution in [3.05, 3.63) is 18.5 Å². The summed E-state index contributed by atoms with van der Waals surface area (Å²) in [5.74, 6) is 1.74. The molecule has 0 spiro atoms. The van der Waals surface area contributed by atoms with Gasteiger partial charge in [-0.15, -0.1) is 0 Å². The highest BCUT2D eigenvalue weighted by atomic mass is 15.3. The molecule has 0 unspecified atom stereocenters. The molecule has 128 valence electrons. The second kappa shape index (κ2) is 9.99. The second-order valence-electron chi connectivity index (χ2n) is 5.66. The maximum atomic E-state index is 4.32. The molecule has 0 aliphatic carbocycles. The van der Waals surface area contributed by atoms with E-state index in [1.165, 1.54) is 12.8 Å². The number of piperazine rings is 1. The number of unbranched alkanes of at least 4 members (excludes halogenated alkanes) is 1. The molecule has 1 aromatic heterocycles. The van der Waals surface area contributed by atoms with E-state index in [-0.39, 0.29) is 0 Å². The van der Waals surface area contributed by atoms with E-state index in [1.54, 1.807) is 12.4 Å². The summed E-state index contributed by atoms with van der Waals surface area (Å²) in [5, 5.41) is 6.71. The topological polar surface area (TPSA) is 68.7 Å². The van der Waals surface area contributed by atoms with Crippen molar-refractivity contribution >= 4 is 11.9 Å². The SMILES string of the molecule is CCCCNC(=NC)NCCN1CCN(c2ncccn2)CC1. The highest BCUT2D eigenvalue weighted by molar-refractivity contribution is 5.79. The van der Waals surface area contributed by atoms with Gasteiger partial charge in [0, 0.05) is 65.3 Å². The Morgan fingerprint density at radius 3 is 2.48 bits per heavy atom. The Bertz CT molecular complexity index is 455. The molecule has 1 fully saturated rings. The number of guanidine groups is 1. The van der Waals surface area contributed by atoms with Gasteiger partial charge in [-0.1, -0.05) is 13.3 Å². The zero-order chi connectivity index (χ0) is 16.3. The number of nitrogens with one attached hydrogen (secondary N) is 2. The van der Waals surface area contributed by atoms with Crippen LogP contribution in [0.3, 0.4) is 0 Å². The van der Waals surface area contributed by atoms with Crippen molar-refractivity contribution in [2.45, 2.75) is 19.8 Å². The van der Waals surface area contributed by atoms with Gasteiger partial charge in [0.05, 0.1) is 0 Å². The highest BCUT2D eigenvalue weighted by Gasteiger charge is 2.18. The molecule has 0 radical (unpaired) electrons. The van der Waals surface area contributed by atoms with Gasteiger partial charge in [-0.25, -0.2) is 9.97 Å². The zero-order valence-electron chi connectivity index (χ0n) is 14.3. The van der Waals surface area contributed by atoms with Crippen molar-refractivity contribution in [3.63, 3.8) is 0 Å². The highest BCUT2D eigenvalue weighted by Crippen LogP contribution is 2.08. The standard InChI is InChI=1S/C16H29N7/c1-3-4-6-18-15(17-2)19-9-10-22-11-13-23(14-12-22)16-20-7-5-8-21-16/h5,7-8H,3-4,6,9-14H2,1-2H3,(H2,17,18,19). The van der Waals surface area contributed by atoms with Crippen LogP contribution in [-0.4, -0.2) is 73.7 Å². The molecule has 1 aliphatic heterocycles. The number of nitrogens with zero attached hydrogens (tertiary/aromatic N) is 5. The van der Waals surface area contributed by atoms with Crippen molar-refractivity contribution in [1.82, 2.24) is 25.5 Å². The van der Waals surface area contributed by atoms with Crippen molar-refractivity contribution in [2.75, 3.05) is 57.8 Å². The molecule has 2 N–H and O–H groups in total. The van der Waals surface area contributed by atoms with Crippen LogP contribution in [0, 0.1) is 0 Å². The second-order valence-corrected chi connectivity index (χ2v) is 5.66. The number of aromatic nitrogens is 2. The molecule has 0 atom stereocenters. The molecule has 2 heterocycles. The first-order chi connectivity index (χ1) is 11.3. The average molecular weight is 319 g/mol. The van der Waals surface area contributed by atoms with Gasteiger partial charge in [0.25, 0.3) is 0 Å². The lowest BCUT2D eigenvalue weighted by Crippen LogP contribution is -2.49. The van der Waals surface area contributed by atoms with E-state index < -0.39 is 0 Å². The lowest BCUT2D eigenvalue weighted by molar-refractivity contribution is 0.260. The van der Waals surface area contributed by atoms with Crippen LogP contribution in [0.5, 0.6) is 0 Å². The first-order valence-corrected chi connectivity index (χ1v) is 8.52. The van der Waals surface area contributed by atoms with Gasteiger partial charge in [0.15, 0.2) is 5.96 Å². The summed E-state index contributed by atoms with van der Waals surface area (Å²) in [5.41, 5.74) is 0. The van der Waals surface area contributed by atoms with E-state index in [2.05, 4.69) is 42.3 Å². The molecule has 2 rings (SSSR count). The monoisotopic (exact) mass is 319 g/mol. The van der Waals surface area contributed by atoms with Crippen LogP contribution in [0.4, 0.5) is 5.95 Å². The summed E-state index contributed by atoms with van der Waals surface area (Å²) in [6, 6.07) is 1.85. The molecule has 0 aromatic carbocycles. The average Bonchev–Trinajstić information content (AvgIpc) is 2.62. The van der Waals surface area contributed by atoms with Crippen molar-refractivity contribution in [2.24, 2.45) is 4.99 Å². The summed E-state index contributed by atoms with van der Waals surface area (Å²) >= 11 is 0. The van der Waals surface area contributed by atoms with E-state index in [4.69, 9.17) is 0 Å². The summed E-state index contributed by atoms with van der Waals surface area (Å²) in [6.45, 7) is 9.15. The van der Waals surface area contributed by atoms with E-state index >= 15 is 0 Å². The fraction of sp³-hybridized carbons (Fsp3) is 0.688. The van der Waals surface area contributed by atoms with Gasteiger partial charge in [0.2, 0.25) is 5.95 Å². The van der Waals surface area contributed by atoms with Crippen LogP contribution in [0.15, 0.2) is 23.5 Å².